The number of hydrogen-bond acceptors (Lipinski definition) is 4. The number of furan rings is 1. The van der Waals surface area contributed by atoms with Crippen LogP contribution in [0.15, 0.2) is 114 Å². The number of benzene rings is 4. The first-order valence-corrected chi connectivity index (χ1v) is 14.4. The van der Waals surface area contributed by atoms with Crippen molar-refractivity contribution >= 4 is 21.9 Å². The number of fused-ring (bicyclic) bond motifs is 8. The molecule has 45 heavy (non-hydrogen) atoms. The van der Waals surface area contributed by atoms with Gasteiger partial charge in [0.1, 0.15) is 16.9 Å². The van der Waals surface area contributed by atoms with Crippen molar-refractivity contribution < 1.29 is 36.1 Å². The van der Waals surface area contributed by atoms with Crippen LogP contribution in [-0.2, 0) is 26.5 Å². The van der Waals surface area contributed by atoms with E-state index in [1.54, 1.807) is 30.5 Å². The summed E-state index contributed by atoms with van der Waals surface area (Å²) in [6.45, 7) is 3.40. The van der Waals surface area contributed by atoms with Crippen LogP contribution in [0.1, 0.15) is 38.8 Å². The van der Waals surface area contributed by atoms with Gasteiger partial charge in [-0.05, 0) is 52.5 Å². The molecule has 0 bridgehead atoms. The van der Waals surface area contributed by atoms with E-state index < -0.39 is 18.6 Å². The summed E-state index contributed by atoms with van der Waals surface area (Å²) in [5, 5.41) is 2.18. The molecule has 3 aromatic heterocycles. The fraction of sp³-hybridized carbons (Fsp3) is 0.150. The Bertz CT molecular complexity index is 2310. The zero-order valence-corrected chi connectivity index (χ0v) is 27.3. The Morgan fingerprint density at radius 3 is 2.49 bits per heavy atom. The molecule has 7 aromatic rings. The summed E-state index contributed by atoms with van der Waals surface area (Å²) >= 11 is 0. The SMILES string of the molecule is [2H]C([2H])([2H])c1c[c-]c(-c2ccc(C([2H])([2H])C(C)(C)C)cn2)cc1.[Ir].[c-]1cccc2c1-c1ncccc1-c1cc3c(cc1O2)oc1ccccc13. The van der Waals surface area contributed by atoms with Crippen molar-refractivity contribution in [1.82, 2.24) is 9.97 Å². The number of ether oxygens (including phenoxy) is 1. The number of aryl methyl sites for hydroxylation is 1. The van der Waals surface area contributed by atoms with Crippen molar-refractivity contribution in [2.24, 2.45) is 5.41 Å². The minimum absolute atomic E-state index is 0. The van der Waals surface area contributed by atoms with E-state index in [1.807, 2.05) is 69.3 Å². The molecule has 0 atom stereocenters. The third kappa shape index (κ3) is 6.33. The van der Waals surface area contributed by atoms with Crippen molar-refractivity contribution in [3.05, 3.63) is 133 Å². The zero-order chi connectivity index (χ0) is 34.6. The molecule has 0 spiro atoms. The van der Waals surface area contributed by atoms with Crippen LogP contribution in [0.25, 0.3) is 55.6 Å². The Kier molecular flexibility index (Phi) is 6.83. The predicted octanol–water partition coefficient (Wildman–Crippen LogP) is 10.7. The van der Waals surface area contributed by atoms with Gasteiger partial charge in [0, 0.05) is 67.5 Å². The van der Waals surface area contributed by atoms with E-state index >= 15 is 0 Å². The summed E-state index contributed by atoms with van der Waals surface area (Å²) < 4.78 is 50.9. The Morgan fingerprint density at radius 2 is 1.71 bits per heavy atom. The van der Waals surface area contributed by atoms with E-state index in [1.165, 1.54) is 12.3 Å². The van der Waals surface area contributed by atoms with Gasteiger partial charge < -0.3 is 19.1 Å². The van der Waals surface area contributed by atoms with Crippen LogP contribution in [0.4, 0.5) is 0 Å². The molecule has 0 fully saturated rings. The second-order valence-electron chi connectivity index (χ2n) is 11.7. The fourth-order valence-corrected chi connectivity index (χ4v) is 5.32. The summed E-state index contributed by atoms with van der Waals surface area (Å²) in [5.41, 5.74) is 7.04. The average Bonchev–Trinajstić information content (AvgIpc) is 3.38. The Morgan fingerprint density at radius 1 is 0.822 bits per heavy atom. The average molecular weight is 770 g/mol. The van der Waals surface area contributed by atoms with E-state index in [0.29, 0.717) is 16.8 Å². The van der Waals surface area contributed by atoms with E-state index in [-0.39, 0.29) is 25.7 Å². The zero-order valence-electron chi connectivity index (χ0n) is 29.9. The molecular formula is C40H32IrN2O2-2. The predicted molar refractivity (Wildman–Crippen MR) is 178 cm³/mol. The van der Waals surface area contributed by atoms with Gasteiger partial charge in [-0.2, -0.15) is 0 Å². The van der Waals surface area contributed by atoms with E-state index in [9.17, 15) is 0 Å². The summed E-state index contributed by atoms with van der Waals surface area (Å²) in [4.78, 5) is 8.92. The number of pyridine rings is 2. The van der Waals surface area contributed by atoms with Gasteiger partial charge in [-0.25, -0.2) is 0 Å². The molecule has 1 aliphatic rings. The number of rotatable bonds is 2. The van der Waals surface area contributed by atoms with E-state index in [0.717, 1.165) is 55.8 Å². The third-order valence-corrected chi connectivity index (χ3v) is 7.22. The van der Waals surface area contributed by atoms with Crippen molar-refractivity contribution in [2.45, 2.75) is 34.0 Å². The molecule has 0 amide bonds. The quantitative estimate of drug-likeness (QED) is 0.164. The van der Waals surface area contributed by atoms with E-state index in [4.69, 9.17) is 16.0 Å². The first kappa shape index (κ1) is 24.7. The standard InChI is InChI=1S/C23H12NO2.C17H20N.Ir/c1-3-9-19-14(6-1)17-12-18-15-8-5-11-24-23(15)16-7-2-4-10-20(16)26-22(18)13-21(17)25-19;1-13-5-8-15(9-6-13)16-10-7-14(12-18-16)11-17(2,3)4;/h1-6,8-13H;5-8,10,12H,11H2,1-4H3;/q2*-1;/i;1D3,11D2;. The van der Waals surface area contributed by atoms with E-state index in [2.05, 4.69) is 40.3 Å². The smallest absolute Gasteiger partial charge is 0.139 e. The molecule has 1 aliphatic heterocycles. The Hall–Kier alpha value is -4.57. The van der Waals surface area contributed by atoms with Crippen molar-refractivity contribution in [3.63, 3.8) is 0 Å². The van der Waals surface area contributed by atoms with Crippen LogP contribution in [0, 0.1) is 24.4 Å². The van der Waals surface area contributed by atoms with Gasteiger partial charge in [-0.1, -0.05) is 69.6 Å². The number of para-hydroxylation sites is 1. The van der Waals surface area contributed by atoms with Gasteiger partial charge in [-0.3, -0.25) is 0 Å². The summed E-state index contributed by atoms with van der Waals surface area (Å²) in [7, 11) is 0. The topological polar surface area (TPSA) is 48.2 Å². The maximum Gasteiger partial charge on any atom is 0.139 e. The first-order valence-electron chi connectivity index (χ1n) is 16.9. The van der Waals surface area contributed by atoms with Gasteiger partial charge in [0.05, 0.1) is 0 Å². The van der Waals surface area contributed by atoms with Crippen LogP contribution in [0.5, 0.6) is 11.5 Å². The van der Waals surface area contributed by atoms with Gasteiger partial charge in [0.15, 0.2) is 0 Å². The molecule has 225 valence electrons. The molecule has 4 nitrogen and oxygen atoms in total. The van der Waals surface area contributed by atoms with Crippen LogP contribution < -0.4 is 4.74 Å². The summed E-state index contributed by atoms with van der Waals surface area (Å²) in [6, 6.07) is 36.3. The normalized spacial score (nSPS) is 13.9. The summed E-state index contributed by atoms with van der Waals surface area (Å²) in [6.07, 6.45) is 1.85. The first-order chi connectivity index (χ1) is 23.3. The van der Waals surface area contributed by atoms with Crippen molar-refractivity contribution in [3.8, 4) is 45.1 Å². The molecule has 5 heteroatoms. The summed E-state index contributed by atoms with van der Waals surface area (Å²) in [5.74, 6) is 1.52. The molecule has 0 saturated heterocycles. The molecule has 0 aliphatic carbocycles. The Balaban J connectivity index is 0.000000171. The van der Waals surface area contributed by atoms with Crippen LogP contribution in [-0.4, -0.2) is 9.97 Å². The number of aromatic nitrogens is 2. The van der Waals surface area contributed by atoms with Gasteiger partial charge in [0.2, 0.25) is 0 Å². The number of hydrogen-bond donors (Lipinski definition) is 0. The maximum atomic E-state index is 8.25. The second kappa shape index (κ2) is 12.4. The van der Waals surface area contributed by atoms with Crippen molar-refractivity contribution in [2.75, 3.05) is 0 Å². The molecule has 4 heterocycles. The minimum atomic E-state index is -2.14. The molecular weight excluding hydrogens is 733 g/mol. The van der Waals surface area contributed by atoms with Crippen LogP contribution in [0.3, 0.4) is 0 Å². The van der Waals surface area contributed by atoms with Gasteiger partial charge >= 0.3 is 0 Å². The molecule has 8 rings (SSSR count). The largest absolute Gasteiger partial charge is 0.501 e. The molecule has 0 saturated carbocycles. The number of nitrogens with zero attached hydrogens (tertiary/aromatic N) is 2. The van der Waals surface area contributed by atoms with Gasteiger partial charge in [0.25, 0.3) is 0 Å². The molecule has 1 radical (unpaired) electrons. The Labute approximate surface area is 284 Å². The van der Waals surface area contributed by atoms with Crippen LogP contribution >= 0.6 is 0 Å². The minimum Gasteiger partial charge on any atom is -0.501 e. The molecule has 0 N–H and O–H groups in total. The van der Waals surface area contributed by atoms with Gasteiger partial charge in [-0.15, -0.1) is 59.7 Å². The molecule has 4 aromatic carbocycles. The maximum absolute atomic E-state index is 8.25. The third-order valence-electron chi connectivity index (χ3n) is 7.22. The molecule has 0 unspecified atom stereocenters. The van der Waals surface area contributed by atoms with Crippen molar-refractivity contribution in [1.29, 1.82) is 0 Å². The second-order valence-corrected chi connectivity index (χ2v) is 11.7. The fourth-order valence-electron chi connectivity index (χ4n) is 5.32. The monoisotopic (exact) mass is 770 g/mol. The van der Waals surface area contributed by atoms with Crippen LogP contribution in [0.2, 0.25) is 0 Å².